The molecule has 0 amide bonds. The summed E-state index contributed by atoms with van der Waals surface area (Å²) >= 11 is 0. The lowest BCUT2D eigenvalue weighted by Gasteiger charge is -2.18. The fourth-order valence-electron chi connectivity index (χ4n) is 3.07. The molecule has 112 valence electrons. The van der Waals surface area contributed by atoms with Gasteiger partial charge in [-0.3, -0.25) is 0 Å². The molecule has 0 aromatic heterocycles. The molecule has 1 saturated carbocycles. The van der Waals surface area contributed by atoms with Crippen molar-refractivity contribution in [3.8, 4) is 5.75 Å². The molecule has 0 spiro atoms. The molecule has 2 heteroatoms. The van der Waals surface area contributed by atoms with E-state index < -0.39 is 0 Å². The van der Waals surface area contributed by atoms with Gasteiger partial charge < -0.3 is 10.1 Å². The van der Waals surface area contributed by atoms with E-state index in [0.29, 0.717) is 6.04 Å². The molecule has 0 radical (unpaired) electrons. The summed E-state index contributed by atoms with van der Waals surface area (Å²) in [4.78, 5) is 0. The average molecular weight is 283 g/mol. The minimum absolute atomic E-state index is 0.651. The van der Waals surface area contributed by atoms with Gasteiger partial charge in [-0.1, -0.05) is 50.1 Å². The summed E-state index contributed by atoms with van der Waals surface area (Å²) in [5.41, 5.74) is 1.36. The van der Waals surface area contributed by atoms with Gasteiger partial charge in [0.1, 0.15) is 5.75 Å². The standard InChI is InChI=1S/C19H25NO/c1-3-16(12-14-8-9-14)20-13-15-10-11-19(21-2)18-7-5-4-6-17(15)18/h4-7,10-11,14,16,20H,3,8-9,12-13H2,1-2H3. The maximum Gasteiger partial charge on any atom is 0.126 e. The Labute approximate surface area is 127 Å². The van der Waals surface area contributed by atoms with Crippen LogP contribution >= 0.6 is 0 Å². The molecule has 0 heterocycles. The first-order chi connectivity index (χ1) is 10.3. The molecule has 2 aromatic carbocycles. The Balaban J connectivity index is 1.77. The average Bonchev–Trinajstić information content (AvgIpc) is 3.35. The van der Waals surface area contributed by atoms with E-state index in [1.807, 2.05) is 0 Å². The number of nitrogens with one attached hydrogen (secondary N) is 1. The molecule has 1 fully saturated rings. The number of benzene rings is 2. The largest absolute Gasteiger partial charge is 0.496 e. The van der Waals surface area contributed by atoms with Crippen LogP contribution in [0.15, 0.2) is 36.4 Å². The normalized spacial score (nSPS) is 16.1. The van der Waals surface area contributed by atoms with Gasteiger partial charge in [-0.2, -0.15) is 0 Å². The number of hydrogen-bond donors (Lipinski definition) is 1. The van der Waals surface area contributed by atoms with Crippen LogP contribution in [0.5, 0.6) is 5.75 Å². The zero-order chi connectivity index (χ0) is 14.7. The number of fused-ring (bicyclic) bond motifs is 1. The van der Waals surface area contributed by atoms with Crippen molar-refractivity contribution in [3.05, 3.63) is 42.0 Å². The highest BCUT2D eigenvalue weighted by Gasteiger charge is 2.24. The van der Waals surface area contributed by atoms with E-state index in [2.05, 4.69) is 48.6 Å². The maximum atomic E-state index is 5.47. The van der Waals surface area contributed by atoms with Gasteiger partial charge in [-0.05, 0) is 35.8 Å². The quantitative estimate of drug-likeness (QED) is 0.807. The Kier molecular flexibility index (Phi) is 4.45. The second-order valence-corrected chi connectivity index (χ2v) is 6.14. The van der Waals surface area contributed by atoms with E-state index in [1.165, 1.54) is 42.0 Å². The predicted octanol–water partition coefficient (Wildman–Crippen LogP) is 4.52. The van der Waals surface area contributed by atoms with E-state index in [9.17, 15) is 0 Å². The first kappa shape index (κ1) is 14.4. The number of rotatable bonds is 7. The molecule has 0 saturated heterocycles. The van der Waals surface area contributed by atoms with E-state index in [0.717, 1.165) is 18.2 Å². The van der Waals surface area contributed by atoms with Crippen LogP contribution in [0.1, 0.15) is 38.2 Å². The van der Waals surface area contributed by atoms with Crippen molar-refractivity contribution in [1.82, 2.24) is 5.32 Å². The summed E-state index contributed by atoms with van der Waals surface area (Å²) in [5.74, 6) is 1.94. The minimum atomic E-state index is 0.651. The van der Waals surface area contributed by atoms with Gasteiger partial charge >= 0.3 is 0 Å². The van der Waals surface area contributed by atoms with Gasteiger partial charge in [-0.25, -0.2) is 0 Å². The second-order valence-electron chi connectivity index (χ2n) is 6.14. The molecule has 1 aliphatic carbocycles. The van der Waals surface area contributed by atoms with Crippen LogP contribution in [0.2, 0.25) is 0 Å². The lowest BCUT2D eigenvalue weighted by molar-refractivity contribution is 0.419. The highest BCUT2D eigenvalue weighted by atomic mass is 16.5. The third kappa shape index (κ3) is 3.38. The maximum absolute atomic E-state index is 5.47. The monoisotopic (exact) mass is 283 g/mol. The van der Waals surface area contributed by atoms with Crippen LogP contribution < -0.4 is 10.1 Å². The van der Waals surface area contributed by atoms with Crippen LogP contribution in [-0.2, 0) is 6.54 Å². The summed E-state index contributed by atoms with van der Waals surface area (Å²) in [5, 5.41) is 6.25. The van der Waals surface area contributed by atoms with E-state index in [1.54, 1.807) is 7.11 Å². The molecule has 2 nitrogen and oxygen atoms in total. The molecule has 0 aliphatic heterocycles. The zero-order valence-corrected chi connectivity index (χ0v) is 13.1. The molecule has 2 aromatic rings. The van der Waals surface area contributed by atoms with E-state index in [4.69, 9.17) is 4.74 Å². The first-order valence-corrected chi connectivity index (χ1v) is 8.09. The van der Waals surface area contributed by atoms with Gasteiger partial charge in [0, 0.05) is 18.0 Å². The van der Waals surface area contributed by atoms with Crippen LogP contribution in [0.4, 0.5) is 0 Å². The number of methoxy groups -OCH3 is 1. The van der Waals surface area contributed by atoms with Crippen LogP contribution in [-0.4, -0.2) is 13.2 Å². The summed E-state index contributed by atoms with van der Waals surface area (Å²) in [6.45, 7) is 3.22. The Morgan fingerprint density at radius 2 is 1.90 bits per heavy atom. The molecule has 1 N–H and O–H groups in total. The Morgan fingerprint density at radius 1 is 1.14 bits per heavy atom. The van der Waals surface area contributed by atoms with Crippen molar-refractivity contribution in [2.75, 3.05) is 7.11 Å². The van der Waals surface area contributed by atoms with Crippen molar-refractivity contribution in [1.29, 1.82) is 0 Å². The Bertz CT molecular complexity index is 604. The summed E-state index contributed by atoms with van der Waals surface area (Å²) in [6.07, 6.45) is 5.42. The van der Waals surface area contributed by atoms with Crippen molar-refractivity contribution in [3.63, 3.8) is 0 Å². The number of ether oxygens (including phenoxy) is 1. The lowest BCUT2D eigenvalue weighted by atomic mass is 10.0. The smallest absolute Gasteiger partial charge is 0.126 e. The molecule has 1 unspecified atom stereocenters. The molecular weight excluding hydrogens is 258 g/mol. The topological polar surface area (TPSA) is 21.3 Å². The SMILES string of the molecule is CCC(CC1CC1)NCc1ccc(OC)c2ccccc12. The fourth-order valence-corrected chi connectivity index (χ4v) is 3.07. The molecule has 1 aliphatic rings. The van der Waals surface area contributed by atoms with Gasteiger partial charge in [-0.15, -0.1) is 0 Å². The third-order valence-electron chi connectivity index (χ3n) is 4.58. The second kappa shape index (κ2) is 6.48. The molecule has 0 bridgehead atoms. The predicted molar refractivity (Wildman–Crippen MR) is 88.8 cm³/mol. The zero-order valence-electron chi connectivity index (χ0n) is 13.1. The van der Waals surface area contributed by atoms with Gasteiger partial charge in [0.15, 0.2) is 0 Å². The summed E-state index contributed by atoms with van der Waals surface area (Å²) < 4.78 is 5.47. The highest BCUT2D eigenvalue weighted by molar-refractivity contribution is 5.91. The lowest BCUT2D eigenvalue weighted by Crippen LogP contribution is -2.28. The Morgan fingerprint density at radius 3 is 2.57 bits per heavy atom. The third-order valence-corrected chi connectivity index (χ3v) is 4.58. The van der Waals surface area contributed by atoms with Gasteiger partial charge in [0.25, 0.3) is 0 Å². The van der Waals surface area contributed by atoms with Crippen molar-refractivity contribution in [2.45, 2.75) is 45.2 Å². The van der Waals surface area contributed by atoms with E-state index in [-0.39, 0.29) is 0 Å². The van der Waals surface area contributed by atoms with Crippen LogP contribution in [0.25, 0.3) is 10.8 Å². The summed E-state index contributed by atoms with van der Waals surface area (Å²) in [6, 6.07) is 13.4. The summed E-state index contributed by atoms with van der Waals surface area (Å²) in [7, 11) is 1.74. The van der Waals surface area contributed by atoms with Crippen LogP contribution in [0, 0.1) is 5.92 Å². The van der Waals surface area contributed by atoms with Crippen LogP contribution in [0.3, 0.4) is 0 Å². The highest BCUT2D eigenvalue weighted by Crippen LogP contribution is 2.34. The molecule has 21 heavy (non-hydrogen) atoms. The Hall–Kier alpha value is -1.54. The first-order valence-electron chi connectivity index (χ1n) is 8.09. The fraction of sp³-hybridized carbons (Fsp3) is 0.474. The van der Waals surface area contributed by atoms with Gasteiger partial charge in [0.05, 0.1) is 7.11 Å². The number of hydrogen-bond acceptors (Lipinski definition) is 2. The van der Waals surface area contributed by atoms with Gasteiger partial charge in [0.2, 0.25) is 0 Å². The molecule has 3 rings (SSSR count). The molecule has 1 atom stereocenters. The van der Waals surface area contributed by atoms with Crippen molar-refractivity contribution in [2.24, 2.45) is 5.92 Å². The van der Waals surface area contributed by atoms with Crippen molar-refractivity contribution >= 4 is 10.8 Å². The molecular formula is C19H25NO. The van der Waals surface area contributed by atoms with E-state index >= 15 is 0 Å². The minimum Gasteiger partial charge on any atom is -0.496 e. The van der Waals surface area contributed by atoms with Crippen molar-refractivity contribution < 1.29 is 4.74 Å².